The molecule has 0 atom stereocenters. The van der Waals surface area contributed by atoms with Gasteiger partial charge in [0.25, 0.3) is 0 Å². The van der Waals surface area contributed by atoms with Crippen molar-refractivity contribution >= 4 is 5.69 Å². The second kappa shape index (κ2) is 7.20. The fourth-order valence-corrected chi connectivity index (χ4v) is 1.69. The lowest BCUT2D eigenvalue weighted by molar-refractivity contribution is 0.0458. The number of anilines is 1. The van der Waals surface area contributed by atoms with Crippen LogP contribution in [0.4, 0.5) is 5.69 Å². The summed E-state index contributed by atoms with van der Waals surface area (Å²) in [7, 11) is 3.23. The molecule has 102 valence electrons. The number of hydrogen-bond donors (Lipinski definition) is 1. The van der Waals surface area contributed by atoms with Crippen molar-refractivity contribution < 1.29 is 14.7 Å². The highest BCUT2D eigenvalue weighted by Crippen LogP contribution is 2.29. The lowest BCUT2D eigenvalue weighted by Crippen LogP contribution is -2.42. The van der Waals surface area contributed by atoms with Crippen LogP contribution in [-0.2, 0) is 4.74 Å². The molecule has 0 aromatic heterocycles. The van der Waals surface area contributed by atoms with Crippen LogP contribution in [0.3, 0.4) is 0 Å². The molecule has 5 heteroatoms. The van der Waals surface area contributed by atoms with Gasteiger partial charge in [0, 0.05) is 20.2 Å². The topological polar surface area (TPSA) is 45.2 Å². The van der Waals surface area contributed by atoms with Crippen molar-refractivity contribution in [1.29, 1.82) is 0 Å². The zero-order chi connectivity index (χ0) is 13.5. The first-order chi connectivity index (χ1) is 8.63. The number of ether oxygens (including phenoxy) is 2. The number of benzene rings is 1. The van der Waals surface area contributed by atoms with E-state index in [1.807, 2.05) is 32.0 Å². The molecule has 0 bridgehead atoms. The Morgan fingerprint density at radius 3 is 2.56 bits per heavy atom. The molecule has 1 N–H and O–H groups in total. The molecule has 0 heterocycles. The van der Waals surface area contributed by atoms with Gasteiger partial charge in [0.1, 0.15) is 11.4 Å². The minimum atomic E-state index is 0.555. The highest BCUT2D eigenvalue weighted by molar-refractivity contribution is 5.57. The molecule has 0 aliphatic heterocycles. The van der Waals surface area contributed by atoms with E-state index in [4.69, 9.17) is 9.47 Å². The molecule has 0 spiro atoms. The van der Waals surface area contributed by atoms with Gasteiger partial charge in [0.2, 0.25) is 0 Å². The number of methoxy groups -OCH3 is 2. The standard InChI is InChI=1S/C13H22N2O3/c1-5-14(8-9-17-3)15(16)12-10-11(2)6-7-13(12)18-4/h6-7,10,16H,5,8-9H2,1-4H3. The zero-order valence-electron chi connectivity index (χ0n) is 11.5. The van der Waals surface area contributed by atoms with Crippen LogP contribution in [0.1, 0.15) is 12.5 Å². The lowest BCUT2D eigenvalue weighted by Gasteiger charge is -2.30. The van der Waals surface area contributed by atoms with E-state index in [2.05, 4.69) is 0 Å². The average Bonchev–Trinajstić information content (AvgIpc) is 2.39. The van der Waals surface area contributed by atoms with Crippen molar-refractivity contribution in [1.82, 2.24) is 5.01 Å². The summed E-state index contributed by atoms with van der Waals surface area (Å²) < 4.78 is 10.3. The summed E-state index contributed by atoms with van der Waals surface area (Å²) >= 11 is 0. The second-order valence-electron chi connectivity index (χ2n) is 4.00. The molecule has 0 saturated carbocycles. The Kier molecular flexibility index (Phi) is 5.91. The van der Waals surface area contributed by atoms with Crippen LogP contribution in [-0.4, -0.2) is 44.1 Å². The maximum Gasteiger partial charge on any atom is 0.146 e. The lowest BCUT2D eigenvalue weighted by atomic mass is 10.2. The van der Waals surface area contributed by atoms with Crippen LogP contribution < -0.4 is 9.91 Å². The van der Waals surface area contributed by atoms with Crippen molar-refractivity contribution in [2.24, 2.45) is 0 Å². The molecule has 0 radical (unpaired) electrons. The molecule has 0 fully saturated rings. The van der Waals surface area contributed by atoms with E-state index < -0.39 is 0 Å². The van der Waals surface area contributed by atoms with Crippen molar-refractivity contribution in [3.63, 3.8) is 0 Å². The molecule has 0 unspecified atom stereocenters. The van der Waals surface area contributed by atoms with Crippen LogP contribution in [0.5, 0.6) is 5.75 Å². The number of aryl methyl sites for hydroxylation is 1. The molecule has 0 aliphatic carbocycles. The smallest absolute Gasteiger partial charge is 0.146 e. The summed E-state index contributed by atoms with van der Waals surface area (Å²) in [5.41, 5.74) is 1.70. The van der Waals surface area contributed by atoms with E-state index in [1.54, 1.807) is 19.2 Å². The Morgan fingerprint density at radius 1 is 1.28 bits per heavy atom. The minimum absolute atomic E-state index is 0.555. The number of likely N-dealkylation sites (N-methyl/N-ethyl adjacent to an activating group) is 1. The minimum Gasteiger partial charge on any atom is -0.494 e. The Labute approximate surface area is 108 Å². The van der Waals surface area contributed by atoms with E-state index in [0.29, 0.717) is 31.1 Å². The van der Waals surface area contributed by atoms with Crippen molar-refractivity contribution in [3.8, 4) is 5.75 Å². The van der Waals surface area contributed by atoms with Crippen molar-refractivity contribution in [2.75, 3.05) is 39.1 Å². The fraction of sp³-hybridized carbons (Fsp3) is 0.538. The Bertz CT molecular complexity index is 371. The van der Waals surface area contributed by atoms with E-state index in [9.17, 15) is 5.21 Å². The quantitative estimate of drug-likeness (QED) is 0.755. The largest absolute Gasteiger partial charge is 0.494 e. The molecule has 18 heavy (non-hydrogen) atoms. The zero-order valence-corrected chi connectivity index (χ0v) is 11.5. The molecule has 1 aromatic carbocycles. The molecule has 5 nitrogen and oxygen atoms in total. The van der Waals surface area contributed by atoms with Gasteiger partial charge in [-0.05, 0) is 24.6 Å². The van der Waals surface area contributed by atoms with E-state index >= 15 is 0 Å². The molecule has 1 rings (SSSR count). The van der Waals surface area contributed by atoms with E-state index in [1.165, 1.54) is 0 Å². The van der Waals surface area contributed by atoms with Gasteiger partial charge in [-0.15, -0.1) is 0 Å². The highest BCUT2D eigenvalue weighted by atomic mass is 16.6. The average molecular weight is 254 g/mol. The third-order valence-corrected chi connectivity index (χ3v) is 2.74. The maximum absolute atomic E-state index is 10.3. The summed E-state index contributed by atoms with van der Waals surface area (Å²) in [6, 6.07) is 5.67. The predicted molar refractivity (Wildman–Crippen MR) is 71.1 cm³/mol. The number of hydrazine groups is 1. The molecule has 0 aliphatic rings. The summed E-state index contributed by atoms with van der Waals surface area (Å²) in [5.74, 6) is 0.638. The van der Waals surface area contributed by atoms with Gasteiger partial charge in [-0.1, -0.05) is 13.0 Å². The monoisotopic (exact) mass is 254 g/mol. The second-order valence-corrected chi connectivity index (χ2v) is 4.00. The molecular formula is C13H22N2O3. The summed E-state index contributed by atoms with van der Waals surface area (Å²) in [6.45, 7) is 5.79. The third kappa shape index (κ3) is 3.60. The van der Waals surface area contributed by atoms with Crippen LogP contribution >= 0.6 is 0 Å². The Balaban J connectivity index is 2.92. The van der Waals surface area contributed by atoms with Gasteiger partial charge in [-0.25, -0.2) is 0 Å². The normalized spacial score (nSPS) is 10.8. The molecule has 0 saturated heterocycles. The summed E-state index contributed by atoms with van der Waals surface area (Å²) in [6.07, 6.45) is 0. The number of rotatable bonds is 7. The highest BCUT2D eigenvalue weighted by Gasteiger charge is 2.16. The first-order valence-electron chi connectivity index (χ1n) is 6.01. The molecule has 1 aromatic rings. The Hall–Kier alpha value is -1.30. The molecular weight excluding hydrogens is 232 g/mol. The van der Waals surface area contributed by atoms with Crippen molar-refractivity contribution in [2.45, 2.75) is 13.8 Å². The van der Waals surface area contributed by atoms with Crippen LogP contribution in [0.15, 0.2) is 18.2 Å². The first-order valence-corrected chi connectivity index (χ1v) is 6.01. The van der Waals surface area contributed by atoms with Crippen molar-refractivity contribution in [3.05, 3.63) is 23.8 Å². The predicted octanol–water partition coefficient (Wildman–Crippen LogP) is 2.08. The Morgan fingerprint density at radius 2 is 2.00 bits per heavy atom. The first kappa shape index (κ1) is 14.8. The van der Waals surface area contributed by atoms with Crippen LogP contribution in [0, 0.1) is 6.92 Å². The van der Waals surface area contributed by atoms with Gasteiger partial charge >= 0.3 is 0 Å². The number of hydrogen-bond acceptors (Lipinski definition) is 5. The van der Waals surface area contributed by atoms with Crippen LogP contribution in [0.25, 0.3) is 0 Å². The van der Waals surface area contributed by atoms with Gasteiger partial charge < -0.3 is 9.47 Å². The summed E-state index contributed by atoms with van der Waals surface area (Å²) in [4.78, 5) is 0. The summed E-state index contributed by atoms with van der Waals surface area (Å²) in [5, 5.41) is 13.2. The molecule has 0 amide bonds. The van der Waals surface area contributed by atoms with Crippen LogP contribution in [0.2, 0.25) is 0 Å². The number of nitrogens with zero attached hydrogens (tertiary/aromatic N) is 2. The van der Waals surface area contributed by atoms with Gasteiger partial charge in [0.05, 0.1) is 13.7 Å². The van der Waals surface area contributed by atoms with E-state index in [-0.39, 0.29) is 0 Å². The third-order valence-electron chi connectivity index (χ3n) is 2.74. The van der Waals surface area contributed by atoms with Gasteiger partial charge in [0.15, 0.2) is 0 Å². The van der Waals surface area contributed by atoms with Gasteiger partial charge in [-0.3, -0.25) is 5.21 Å². The van der Waals surface area contributed by atoms with E-state index in [0.717, 1.165) is 10.7 Å². The fourth-order valence-electron chi connectivity index (χ4n) is 1.69. The SMILES string of the molecule is CCN(CCOC)N(O)c1cc(C)ccc1OC. The van der Waals surface area contributed by atoms with Gasteiger partial charge in [-0.2, -0.15) is 10.2 Å². The maximum atomic E-state index is 10.3.